The predicted molar refractivity (Wildman–Crippen MR) is 129 cm³/mol. The molecule has 1 aliphatic rings. The zero-order chi connectivity index (χ0) is 23.5. The van der Waals surface area contributed by atoms with Gasteiger partial charge in [0.15, 0.2) is 0 Å². The van der Waals surface area contributed by atoms with Crippen molar-refractivity contribution in [2.45, 2.75) is 66.0 Å². The highest BCUT2D eigenvalue weighted by Crippen LogP contribution is 2.41. The molecule has 0 unspecified atom stereocenters. The van der Waals surface area contributed by atoms with Gasteiger partial charge in [-0.05, 0) is 57.1 Å². The summed E-state index contributed by atoms with van der Waals surface area (Å²) in [5.74, 6) is -0.293. The number of benzene rings is 1. The molecule has 4 rings (SSSR count). The van der Waals surface area contributed by atoms with Crippen LogP contribution >= 0.6 is 0 Å². The summed E-state index contributed by atoms with van der Waals surface area (Å²) in [6, 6.07) is 4.26. The molecule has 0 aliphatic carbocycles. The average molecular weight is 454 g/mol. The summed E-state index contributed by atoms with van der Waals surface area (Å²) in [6.45, 7) is 8.38. The van der Waals surface area contributed by atoms with Crippen molar-refractivity contribution < 1.29 is 19.4 Å². The predicted octanol–water partition coefficient (Wildman–Crippen LogP) is 4.32. The summed E-state index contributed by atoms with van der Waals surface area (Å²) in [4.78, 5) is 13.2. The maximum Gasteiger partial charge on any atom is 0.355 e. The molecule has 0 atom stereocenters. The summed E-state index contributed by atoms with van der Waals surface area (Å²) >= 11 is 0. The molecular formula is C26H35N3O4. The third-order valence-corrected chi connectivity index (χ3v) is 6.57. The Morgan fingerprint density at radius 1 is 1.24 bits per heavy atom. The van der Waals surface area contributed by atoms with Gasteiger partial charge in [-0.15, -0.1) is 0 Å². The third kappa shape index (κ3) is 4.20. The Kier molecular flexibility index (Phi) is 7.20. The largest absolute Gasteiger partial charge is 0.461 e. The van der Waals surface area contributed by atoms with Gasteiger partial charge in [-0.3, -0.25) is 4.68 Å². The molecule has 0 saturated carbocycles. The van der Waals surface area contributed by atoms with Crippen molar-refractivity contribution in [2.24, 2.45) is 7.05 Å². The number of carbonyl (C=O) groups is 1. The molecule has 1 N–H and O–H groups in total. The molecule has 0 fully saturated rings. The average Bonchev–Trinajstić information content (AvgIpc) is 3.27. The lowest BCUT2D eigenvalue weighted by molar-refractivity contribution is 0.0512. The van der Waals surface area contributed by atoms with Crippen molar-refractivity contribution >= 4 is 16.9 Å². The van der Waals surface area contributed by atoms with Crippen LogP contribution in [0, 0.1) is 6.92 Å². The van der Waals surface area contributed by atoms with Gasteiger partial charge in [0.05, 0.1) is 30.1 Å². The highest BCUT2D eigenvalue weighted by molar-refractivity contribution is 6.05. The van der Waals surface area contributed by atoms with Gasteiger partial charge in [-0.2, -0.15) is 5.10 Å². The highest BCUT2D eigenvalue weighted by Gasteiger charge is 2.29. The zero-order valence-corrected chi connectivity index (χ0v) is 20.2. The minimum atomic E-state index is -0.293. The van der Waals surface area contributed by atoms with E-state index >= 15 is 0 Å². The molecule has 7 nitrogen and oxygen atoms in total. The van der Waals surface area contributed by atoms with Gasteiger partial charge < -0.3 is 19.1 Å². The van der Waals surface area contributed by atoms with Crippen molar-refractivity contribution in [1.82, 2.24) is 14.3 Å². The van der Waals surface area contributed by atoms with Gasteiger partial charge in [-0.25, -0.2) is 4.79 Å². The second kappa shape index (κ2) is 10.1. The lowest BCUT2D eigenvalue weighted by Gasteiger charge is -2.15. The molecule has 0 bridgehead atoms. The molecule has 1 aromatic carbocycles. The minimum absolute atomic E-state index is 0.0811. The fourth-order valence-electron chi connectivity index (χ4n) is 5.06. The van der Waals surface area contributed by atoms with Crippen molar-refractivity contribution in [3.8, 4) is 11.1 Å². The summed E-state index contributed by atoms with van der Waals surface area (Å²) in [5, 5.41) is 15.4. The molecule has 0 amide bonds. The molecule has 3 aromatic rings. The SMILES string of the molecule is CCOC(=O)c1c(CCCO)c2ccc(C)c3c2n1CCCCOCc1c-3c(CC)nn1C. The van der Waals surface area contributed by atoms with E-state index in [4.69, 9.17) is 14.6 Å². The first-order valence-electron chi connectivity index (χ1n) is 12.1. The van der Waals surface area contributed by atoms with E-state index in [0.717, 1.165) is 63.8 Å². The van der Waals surface area contributed by atoms with Gasteiger partial charge in [0.1, 0.15) is 5.69 Å². The Hall–Kier alpha value is -2.64. The topological polar surface area (TPSA) is 78.5 Å². The standard InChI is InChI=1S/C26H35N3O4/c1-5-20-23-21(28(4)27-20)16-32-15-8-7-13-29-24-19(12-11-17(3)22(23)24)18(10-9-14-30)25(29)26(31)33-6-2/h11-12,30H,5-10,13-16H2,1-4H3. The van der Waals surface area contributed by atoms with Gasteiger partial charge in [0.25, 0.3) is 0 Å². The Labute approximate surface area is 195 Å². The lowest BCUT2D eigenvalue weighted by atomic mass is 9.93. The third-order valence-electron chi connectivity index (χ3n) is 6.57. The molecule has 178 valence electrons. The minimum Gasteiger partial charge on any atom is -0.461 e. The van der Waals surface area contributed by atoms with Crippen LogP contribution in [-0.2, 0) is 42.5 Å². The first kappa shape index (κ1) is 23.5. The lowest BCUT2D eigenvalue weighted by Crippen LogP contribution is -2.15. The van der Waals surface area contributed by atoms with Crippen molar-refractivity contribution in [3.63, 3.8) is 0 Å². The highest BCUT2D eigenvalue weighted by atomic mass is 16.5. The number of nitrogens with zero attached hydrogens (tertiary/aromatic N) is 3. The van der Waals surface area contributed by atoms with Crippen LogP contribution in [0.2, 0.25) is 0 Å². The second-order valence-corrected chi connectivity index (χ2v) is 8.69. The number of fused-ring (bicyclic) bond motifs is 2. The second-order valence-electron chi connectivity index (χ2n) is 8.69. The molecule has 0 spiro atoms. The van der Waals surface area contributed by atoms with E-state index in [9.17, 15) is 9.90 Å². The van der Waals surface area contributed by atoms with Gasteiger partial charge in [0.2, 0.25) is 0 Å². The Bertz CT molecular complexity index is 1160. The van der Waals surface area contributed by atoms with E-state index in [0.29, 0.717) is 44.9 Å². The van der Waals surface area contributed by atoms with Crippen LogP contribution < -0.4 is 0 Å². The fourth-order valence-corrected chi connectivity index (χ4v) is 5.06. The number of hydrogen-bond acceptors (Lipinski definition) is 5. The molecule has 1 aliphatic heterocycles. The number of aryl methyl sites for hydroxylation is 5. The molecule has 0 saturated heterocycles. The Morgan fingerprint density at radius 3 is 2.79 bits per heavy atom. The van der Waals surface area contributed by atoms with Crippen LogP contribution in [0.4, 0.5) is 0 Å². The maximum absolute atomic E-state index is 13.2. The van der Waals surface area contributed by atoms with E-state index in [1.54, 1.807) is 0 Å². The number of rotatable bonds is 6. The van der Waals surface area contributed by atoms with Crippen molar-refractivity contribution in [3.05, 3.63) is 40.3 Å². The van der Waals surface area contributed by atoms with Crippen molar-refractivity contribution in [2.75, 3.05) is 19.8 Å². The quantitative estimate of drug-likeness (QED) is 0.562. The normalized spacial score (nSPS) is 14.2. The van der Waals surface area contributed by atoms with Gasteiger partial charge in [0, 0.05) is 43.3 Å². The van der Waals surface area contributed by atoms with Crippen LogP contribution in [0.5, 0.6) is 0 Å². The van der Waals surface area contributed by atoms with Gasteiger partial charge in [-0.1, -0.05) is 19.1 Å². The molecule has 33 heavy (non-hydrogen) atoms. The molecule has 3 heterocycles. The molecule has 7 heteroatoms. The van der Waals surface area contributed by atoms with Crippen LogP contribution in [0.15, 0.2) is 12.1 Å². The molecule has 2 aromatic heterocycles. The molecule has 0 radical (unpaired) electrons. The zero-order valence-electron chi connectivity index (χ0n) is 20.2. The number of aromatic nitrogens is 3. The first-order valence-corrected chi connectivity index (χ1v) is 12.1. The monoisotopic (exact) mass is 453 g/mol. The van der Waals surface area contributed by atoms with Crippen LogP contribution in [0.1, 0.15) is 66.1 Å². The summed E-state index contributed by atoms with van der Waals surface area (Å²) in [7, 11) is 1.98. The summed E-state index contributed by atoms with van der Waals surface area (Å²) in [6.07, 6.45) is 3.84. The van der Waals surface area contributed by atoms with E-state index in [2.05, 4.69) is 30.5 Å². The first-order chi connectivity index (χ1) is 16.0. The number of carbonyl (C=O) groups excluding carboxylic acids is 1. The number of aliphatic hydroxyl groups is 1. The number of esters is 1. The number of aliphatic hydroxyl groups excluding tert-OH is 1. The smallest absolute Gasteiger partial charge is 0.355 e. The number of hydrogen-bond donors (Lipinski definition) is 1. The van der Waals surface area contributed by atoms with Gasteiger partial charge >= 0.3 is 5.97 Å². The van der Waals surface area contributed by atoms with E-state index < -0.39 is 0 Å². The Morgan fingerprint density at radius 2 is 2.06 bits per heavy atom. The van der Waals surface area contributed by atoms with Crippen LogP contribution in [0.3, 0.4) is 0 Å². The fraction of sp³-hybridized carbons (Fsp3) is 0.538. The van der Waals surface area contributed by atoms with Crippen LogP contribution in [0.25, 0.3) is 22.0 Å². The molecular weight excluding hydrogens is 418 g/mol. The maximum atomic E-state index is 13.2. The number of ether oxygens (including phenoxy) is 2. The van der Waals surface area contributed by atoms with E-state index in [1.807, 2.05) is 18.7 Å². The van der Waals surface area contributed by atoms with Crippen LogP contribution in [-0.4, -0.2) is 45.2 Å². The van der Waals surface area contributed by atoms with E-state index in [-0.39, 0.29) is 12.6 Å². The van der Waals surface area contributed by atoms with Crippen molar-refractivity contribution in [1.29, 1.82) is 0 Å². The van der Waals surface area contributed by atoms with E-state index in [1.165, 1.54) is 0 Å². The summed E-state index contributed by atoms with van der Waals surface area (Å²) < 4.78 is 15.7. The summed E-state index contributed by atoms with van der Waals surface area (Å²) in [5.41, 5.74) is 8.14. The Balaban J connectivity index is 2.13.